The van der Waals surface area contributed by atoms with E-state index >= 15 is 0 Å². The Morgan fingerprint density at radius 3 is 2.62 bits per heavy atom. The molecule has 1 heterocycles. The molecule has 3 aliphatic carbocycles. The summed E-state index contributed by atoms with van der Waals surface area (Å²) < 4.78 is 19.0. The first-order valence-electron chi connectivity index (χ1n) is 10.0. The largest absolute Gasteiger partial charge is 0.448 e. The minimum Gasteiger partial charge on any atom is -0.448 e. The molecule has 2 unspecified atom stereocenters. The molecule has 4 rings (SSSR count). The first kappa shape index (κ1) is 18.2. The normalized spacial score (nSPS) is 47.0. The SMILES string of the molecule is CCOC1C(C)CC[C@@]2(OCC)[C@]13OC(=O)C[C@]2(C)[C@@H]1CC(=O)C(C)=C13. The highest BCUT2D eigenvalue weighted by atomic mass is 16.6. The second kappa shape index (κ2) is 5.65. The summed E-state index contributed by atoms with van der Waals surface area (Å²) >= 11 is 0. The second-order valence-corrected chi connectivity index (χ2v) is 8.67. The smallest absolute Gasteiger partial charge is 0.307 e. The van der Waals surface area contributed by atoms with Crippen LogP contribution in [0.4, 0.5) is 0 Å². The van der Waals surface area contributed by atoms with E-state index in [-0.39, 0.29) is 29.7 Å². The van der Waals surface area contributed by atoms with Crippen molar-refractivity contribution in [2.75, 3.05) is 13.2 Å². The van der Waals surface area contributed by atoms with Crippen molar-refractivity contribution in [3.63, 3.8) is 0 Å². The standard InChI is InChI=1S/C21H30O5/c1-6-24-18-12(3)8-9-20(25-7-2)19(5)11-16(23)26-21(18,20)17-13(4)15(22)10-14(17)19/h12,14,18H,6-11H2,1-5H3/t12?,14-,18?,19-,20+,21-/m1/s1. The fourth-order valence-electron chi connectivity index (χ4n) is 6.72. The Hall–Kier alpha value is -1.20. The zero-order chi connectivity index (χ0) is 18.9. The second-order valence-electron chi connectivity index (χ2n) is 8.67. The number of carbonyl (C=O) groups excluding carboxylic acids is 2. The Balaban J connectivity index is 2.05. The van der Waals surface area contributed by atoms with Crippen LogP contribution in [0.25, 0.3) is 0 Å². The molecule has 3 fully saturated rings. The lowest BCUT2D eigenvalue weighted by molar-refractivity contribution is -0.295. The molecule has 0 aromatic rings. The molecule has 2 saturated carbocycles. The topological polar surface area (TPSA) is 61.8 Å². The Bertz CT molecular complexity index is 697. The zero-order valence-electron chi connectivity index (χ0n) is 16.5. The minimum atomic E-state index is -0.971. The van der Waals surface area contributed by atoms with Crippen molar-refractivity contribution in [2.24, 2.45) is 17.3 Å². The van der Waals surface area contributed by atoms with E-state index in [1.807, 2.05) is 20.8 Å². The third-order valence-electron chi connectivity index (χ3n) is 7.64. The monoisotopic (exact) mass is 362 g/mol. The van der Waals surface area contributed by atoms with Crippen molar-refractivity contribution in [3.05, 3.63) is 11.1 Å². The Morgan fingerprint density at radius 1 is 1.23 bits per heavy atom. The molecule has 144 valence electrons. The summed E-state index contributed by atoms with van der Waals surface area (Å²) in [6.07, 6.45) is 2.27. The number of allylic oxidation sites excluding steroid dienone is 1. The van der Waals surface area contributed by atoms with E-state index in [0.29, 0.717) is 26.1 Å². The van der Waals surface area contributed by atoms with Gasteiger partial charge >= 0.3 is 5.97 Å². The van der Waals surface area contributed by atoms with E-state index in [0.717, 1.165) is 24.0 Å². The third-order valence-corrected chi connectivity index (χ3v) is 7.64. The first-order chi connectivity index (χ1) is 12.3. The zero-order valence-corrected chi connectivity index (χ0v) is 16.5. The number of ether oxygens (including phenoxy) is 3. The van der Waals surface area contributed by atoms with Crippen LogP contribution in [0.15, 0.2) is 11.1 Å². The molecule has 5 heteroatoms. The molecule has 0 radical (unpaired) electrons. The van der Waals surface area contributed by atoms with E-state index in [1.54, 1.807) is 0 Å². The average Bonchev–Trinajstić information content (AvgIpc) is 2.92. The number of rotatable bonds is 4. The van der Waals surface area contributed by atoms with Gasteiger partial charge < -0.3 is 14.2 Å². The number of Topliss-reactive ketones (excluding diaryl/α,β-unsaturated/α-hetero) is 1. The van der Waals surface area contributed by atoms with Crippen LogP contribution in [0.3, 0.4) is 0 Å². The molecule has 26 heavy (non-hydrogen) atoms. The van der Waals surface area contributed by atoms with Gasteiger partial charge in [-0.2, -0.15) is 0 Å². The summed E-state index contributed by atoms with van der Waals surface area (Å²) in [5.74, 6) is 0.214. The van der Waals surface area contributed by atoms with E-state index in [9.17, 15) is 9.59 Å². The van der Waals surface area contributed by atoms with Gasteiger partial charge in [0, 0.05) is 31.0 Å². The summed E-state index contributed by atoms with van der Waals surface area (Å²) in [5.41, 5.74) is -0.263. The van der Waals surface area contributed by atoms with Gasteiger partial charge in [0.15, 0.2) is 11.4 Å². The van der Waals surface area contributed by atoms with E-state index < -0.39 is 16.6 Å². The summed E-state index contributed by atoms with van der Waals surface area (Å²) in [7, 11) is 0. The summed E-state index contributed by atoms with van der Waals surface area (Å²) in [4.78, 5) is 25.4. The highest BCUT2D eigenvalue weighted by Gasteiger charge is 2.83. The van der Waals surface area contributed by atoms with Crippen LogP contribution in [0.5, 0.6) is 0 Å². The molecular weight excluding hydrogens is 332 g/mol. The van der Waals surface area contributed by atoms with Gasteiger partial charge in [-0.3, -0.25) is 9.59 Å². The van der Waals surface area contributed by atoms with Crippen molar-refractivity contribution in [2.45, 2.75) is 77.6 Å². The average molecular weight is 362 g/mol. The lowest BCUT2D eigenvalue weighted by Crippen LogP contribution is -2.73. The van der Waals surface area contributed by atoms with Crippen LogP contribution in [0.1, 0.15) is 60.3 Å². The van der Waals surface area contributed by atoms with Crippen molar-refractivity contribution in [1.29, 1.82) is 0 Å². The predicted octanol–water partition coefficient (Wildman–Crippen LogP) is 3.21. The molecule has 1 aliphatic heterocycles. The van der Waals surface area contributed by atoms with Gasteiger partial charge in [-0.1, -0.05) is 13.8 Å². The predicted molar refractivity (Wildman–Crippen MR) is 95.5 cm³/mol. The van der Waals surface area contributed by atoms with E-state index in [2.05, 4.69) is 13.8 Å². The highest BCUT2D eigenvalue weighted by molar-refractivity contribution is 6.00. The molecule has 1 saturated heterocycles. The van der Waals surface area contributed by atoms with Gasteiger partial charge in [0.2, 0.25) is 0 Å². The van der Waals surface area contributed by atoms with Gasteiger partial charge in [-0.15, -0.1) is 0 Å². The summed E-state index contributed by atoms with van der Waals surface area (Å²) in [6, 6.07) is 0. The molecule has 0 aromatic carbocycles. The molecule has 0 spiro atoms. The van der Waals surface area contributed by atoms with E-state index in [1.165, 1.54) is 0 Å². The lowest BCUT2D eigenvalue weighted by atomic mass is 9.56. The number of esters is 1. The molecule has 5 nitrogen and oxygen atoms in total. The maximum absolute atomic E-state index is 12.8. The quantitative estimate of drug-likeness (QED) is 0.719. The Morgan fingerprint density at radius 2 is 1.96 bits per heavy atom. The van der Waals surface area contributed by atoms with Crippen LogP contribution < -0.4 is 0 Å². The van der Waals surface area contributed by atoms with Gasteiger partial charge in [0.25, 0.3) is 0 Å². The van der Waals surface area contributed by atoms with Gasteiger partial charge in [-0.25, -0.2) is 0 Å². The molecule has 4 aliphatic rings. The van der Waals surface area contributed by atoms with Gasteiger partial charge in [0.1, 0.15) is 11.7 Å². The lowest BCUT2D eigenvalue weighted by Gasteiger charge is -2.61. The fraction of sp³-hybridized carbons (Fsp3) is 0.810. The fourth-order valence-corrected chi connectivity index (χ4v) is 6.72. The number of fused-ring (bicyclic) bond motifs is 2. The molecular formula is C21H30O5. The van der Waals surface area contributed by atoms with E-state index in [4.69, 9.17) is 14.2 Å². The van der Waals surface area contributed by atoms with Gasteiger partial charge in [-0.05, 0) is 50.7 Å². The molecule has 0 aromatic heterocycles. The third kappa shape index (κ3) is 1.79. The number of ketones is 1. The molecule has 6 atom stereocenters. The Kier molecular flexibility index (Phi) is 3.95. The van der Waals surface area contributed by atoms with Crippen LogP contribution in [-0.4, -0.2) is 42.3 Å². The minimum absolute atomic E-state index is 0.00116. The maximum atomic E-state index is 12.8. The van der Waals surface area contributed by atoms with Gasteiger partial charge in [0.05, 0.1) is 6.42 Å². The van der Waals surface area contributed by atoms with Crippen LogP contribution in [-0.2, 0) is 23.8 Å². The molecule has 2 bridgehead atoms. The Labute approximate surface area is 155 Å². The van der Waals surface area contributed by atoms with Crippen molar-refractivity contribution in [3.8, 4) is 0 Å². The maximum Gasteiger partial charge on any atom is 0.307 e. The molecule has 0 N–H and O–H groups in total. The number of hydrogen-bond donors (Lipinski definition) is 0. The van der Waals surface area contributed by atoms with Crippen LogP contribution in [0.2, 0.25) is 0 Å². The first-order valence-corrected chi connectivity index (χ1v) is 10.0. The van der Waals surface area contributed by atoms with Crippen LogP contribution >= 0.6 is 0 Å². The van der Waals surface area contributed by atoms with Crippen molar-refractivity contribution >= 4 is 11.8 Å². The highest BCUT2D eigenvalue weighted by Crippen LogP contribution is 2.73. The van der Waals surface area contributed by atoms with Crippen LogP contribution in [0, 0.1) is 17.3 Å². The van der Waals surface area contributed by atoms with Crippen molar-refractivity contribution in [1.82, 2.24) is 0 Å². The number of carbonyl (C=O) groups is 2. The summed E-state index contributed by atoms with van der Waals surface area (Å²) in [5, 5.41) is 0. The summed E-state index contributed by atoms with van der Waals surface area (Å²) in [6.45, 7) is 11.2. The van der Waals surface area contributed by atoms with Crippen molar-refractivity contribution < 1.29 is 23.8 Å². The molecule has 0 amide bonds. The number of hydrogen-bond acceptors (Lipinski definition) is 5.